The molecule has 146 valence electrons. The van der Waals surface area contributed by atoms with E-state index >= 15 is 0 Å². The summed E-state index contributed by atoms with van der Waals surface area (Å²) in [5.41, 5.74) is 2.71. The molecule has 0 bridgehead atoms. The zero-order chi connectivity index (χ0) is 20.3. The molecule has 0 unspecified atom stereocenters. The minimum atomic E-state index is -0.438. The predicted octanol–water partition coefficient (Wildman–Crippen LogP) is 5.70. The maximum Gasteiger partial charge on any atom is 0.295 e. The van der Waals surface area contributed by atoms with Crippen molar-refractivity contribution in [3.8, 4) is 5.88 Å². The number of amides is 1. The molecule has 1 N–H and O–H groups in total. The van der Waals surface area contributed by atoms with Crippen LogP contribution in [0.5, 0.6) is 5.88 Å². The van der Waals surface area contributed by atoms with E-state index in [0.717, 1.165) is 29.7 Å². The average Bonchev–Trinajstić information content (AvgIpc) is 2.99. The van der Waals surface area contributed by atoms with Gasteiger partial charge in [-0.3, -0.25) is 4.79 Å². The maximum absolute atomic E-state index is 12.5. The normalized spacial score (nSPS) is 11.6. The van der Waals surface area contributed by atoms with Crippen LogP contribution in [0, 0.1) is 0 Å². The number of carbonyl (C=O) groups is 1. The molecule has 3 rings (SSSR count). The first-order chi connectivity index (χ1) is 13.5. The van der Waals surface area contributed by atoms with E-state index in [1.807, 2.05) is 50.2 Å². The number of carbonyl (C=O) groups excluding carboxylic acids is 1. The maximum atomic E-state index is 12.5. The smallest absolute Gasteiger partial charge is 0.295 e. The molecular weight excluding hydrogens is 352 g/mol. The lowest BCUT2D eigenvalue weighted by Crippen LogP contribution is -2.21. The van der Waals surface area contributed by atoms with Gasteiger partial charge in [-0.15, -0.1) is 10.2 Å². The van der Waals surface area contributed by atoms with Crippen molar-refractivity contribution in [3.63, 3.8) is 0 Å². The standard InChI is InChI=1S/C22H26N4O2/c1-5-25(6-2)17-13-11-16(12-14-17)21(27)24-23-20-18-9-7-8-10-19(18)26(15(3)4)22(20)28/h7-15,28H,5-6H2,1-4H3. The van der Waals surface area contributed by atoms with Gasteiger partial charge in [0.2, 0.25) is 5.88 Å². The molecule has 0 aliphatic rings. The molecule has 1 heterocycles. The van der Waals surface area contributed by atoms with Gasteiger partial charge >= 0.3 is 0 Å². The monoisotopic (exact) mass is 378 g/mol. The zero-order valence-corrected chi connectivity index (χ0v) is 16.8. The molecule has 3 aromatic rings. The van der Waals surface area contributed by atoms with Crippen LogP contribution in [0.1, 0.15) is 44.1 Å². The number of para-hydroxylation sites is 1. The van der Waals surface area contributed by atoms with Gasteiger partial charge in [0.05, 0.1) is 5.52 Å². The van der Waals surface area contributed by atoms with Gasteiger partial charge in [-0.2, -0.15) is 0 Å². The zero-order valence-electron chi connectivity index (χ0n) is 16.8. The molecule has 0 aliphatic carbocycles. The van der Waals surface area contributed by atoms with Crippen molar-refractivity contribution in [2.45, 2.75) is 33.7 Å². The van der Waals surface area contributed by atoms with E-state index in [2.05, 4.69) is 29.0 Å². The van der Waals surface area contributed by atoms with Crippen LogP contribution in [-0.4, -0.2) is 28.7 Å². The molecule has 6 nitrogen and oxygen atoms in total. The SMILES string of the molecule is CCN(CC)c1ccc(C(=O)N=Nc2c(O)n(C(C)C)c3ccccc23)cc1. The number of aromatic hydroxyl groups is 1. The number of hydrogen-bond donors (Lipinski definition) is 1. The molecule has 0 radical (unpaired) electrons. The summed E-state index contributed by atoms with van der Waals surface area (Å²) in [5.74, 6) is -0.420. The molecular formula is C22H26N4O2. The summed E-state index contributed by atoms with van der Waals surface area (Å²) in [6, 6.07) is 15.0. The Balaban J connectivity index is 1.90. The first-order valence-corrected chi connectivity index (χ1v) is 9.60. The molecule has 0 saturated heterocycles. The lowest BCUT2D eigenvalue weighted by Gasteiger charge is -2.20. The number of fused-ring (bicyclic) bond motifs is 1. The van der Waals surface area contributed by atoms with Gasteiger partial charge in [0, 0.05) is 35.8 Å². The Morgan fingerprint density at radius 3 is 2.32 bits per heavy atom. The van der Waals surface area contributed by atoms with Gasteiger partial charge in [0.15, 0.2) is 5.69 Å². The quantitative estimate of drug-likeness (QED) is 0.560. The fourth-order valence-corrected chi connectivity index (χ4v) is 3.41. The summed E-state index contributed by atoms with van der Waals surface area (Å²) < 4.78 is 1.78. The van der Waals surface area contributed by atoms with Crippen molar-refractivity contribution in [1.82, 2.24) is 4.57 Å². The highest BCUT2D eigenvalue weighted by molar-refractivity contribution is 5.97. The van der Waals surface area contributed by atoms with Crippen LogP contribution in [0.3, 0.4) is 0 Å². The van der Waals surface area contributed by atoms with Gasteiger partial charge < -0.3 is 14.6 Å². The molecule has 2 aromatic carbocycles. The molecule has 28 heavy (non-hydrogen) atoms. The van der Waals surface area contributed by atoms with Crippen LogP contribution in [0.4, 0.5) is 11.4 Å². The van der Waals surface area contributed by atoms with E-state index in [9.17, 15) is 9.90 Å². The number of hydrogen-bond acceptors (Lipinski definition) is 4. The highest BCUT2D eigenvalue weighted by Crippen LogP contribution is 2.40. The third-order valence-corrected chi connectivity index (χ3v) is 4.86. The van der Waals surface area contributed by atoms with Gasteiger partial charge in [0.25, 0.3) is 5.91 Å². The van der Waals surface area contributed by atoms with Crippen LogP contribution < -0.4 is 4.90 Å². The molecule has 0 spiro atoms. The molecule has 1 aromatic heterocycles. The second-order valence-corrected chi connectivity index (χ2v) is 6.88. The number of benzene rings is 2. The van der Waals surface area contributed by atoms with E-state index in [4.69, 9.17) is 0 Å². The third-order valence-electron chi connectivity index (χ3n) is 4.86. The van der Waals surface area contributed by atoms with E-state index < -0.39 is 5.91 Å². The molecule has 0 saturated carbocycles. The van der Waals surface area contributed by atoms with Crippen molar-refractivity contribution in [2.24, 2.45) is 10.2 Å². The van der Waals surface area contributed by atoms with Crippen LogP contribution in [0.15, 0.2) is 58.8 Å². The van der Waals surface area contributed by atoms with Gasteiger partial charge in [0.1, 0.15) is 0 Å². The van der Waals surface area contributed by atoms with Crippen LogP contribution in [0.25, 0.3) is 10.9 Å². The topological polar surface area (TPSA) is 70.2 Å². The van der Waals surface area contributed by atoms with Crippen molar-refractivity contribution < 1.29 is 9.90 Å². The lowest BCUT2D eigenvalue weighted by atomic mass is 10.2. The number of anilines is 1. The first kappa shape index (κ1) is 19.6. The van der Waals surface area contributed by atoms with E-state index in [1.54, 1.807) is 16.7 Å². The molecule has 0 atom stereocenters. The highest BCUT2D eigenvalue weighted by Gasteiger charge is 2.18. The fourth-order valence-electron chi connectivity index (χ4n) is 3.41. The average molecular weight is 378 g/mol. The van der Waals surface area contributed by atoms with Crippen molar-refractivity contribution in [3.05, 3.63) is 54.1 Å². The Morgan fingerprint density at radius 1 is 1.07 bits per heavy atom. The largest absolute Gasteiger partial charge is 0.493 e. The fraction of sp³-hybridized carbons (Fsp3) is 0.318. The number of nitrogens with zero attached hydrogens (tertiary/aromatic N) is 4. The van der Waals surface area contributed by atoms with E-state index in [-0.39, 0.29) is 11.9 Å². The number of azo groups is 1. The van der Waals surface area contributed by atoms with Crippen molar-refractivity contribution in [1.29, 1.82) is 0 Å². The van der Waals surface area contributed by atoms with Crippen molar-refractivity contribution in [2.75, 3.05) is 18.0 Å². The second kappa shape index (κ2) is 8.25. The Morgan fingerprint density at radius 2 is 1.71 bits per heavy atom. The number of aromatic nitrogens is 1. The summed E-state index contributed by atoms with van der Waals surface area (Å²) in [4.78, 5) is 14.7. The predicted molar refractivity (Wildman–Crippen MR) is 113 cm³/mol. The Labute approximate surface area is 165 Å². The summed E-state index contributed by atoms with van der Waals surface area (Å²) in [6.45, 7) is 9.96. The lowest BCUT2D eigenvalue weighted by molar-refractivity contribution is 0.0995. The second-order valence-electron chi connectivity index (χ2n) is 6.88. The van der Waals surface area contributed by atoms with Gasteiger partial charge in [-0.05, 0) is 58.0 Å². The summed E-state index contributed by atoms with van der Waals surface area (Å²) in [5, 5.41) is 19.3. The highest BCUT2D eigenvalue weighted by atomic mass is 16.3. The third kappa shape index (κ3) is 3.63. The van der Waals surface area contributed by atoms with Crippen LogP contribution >= 0.6 is 0 Å². The molecule has 6 heteroatoms. The minimum Gasteiger partial charge on any atom is -0.493 e. The van der Waals surface area contributed by atoms with Crippen molar-refractivity contribution >= 4 is 28.2 Å². The Bertz CT molecular complexity index is 999. The van der Waals surface area contributed by atoms with Gasteiger partial charge in [-0.25, -0.2) is 0 Å². The molecule has 0 aliphatic heterocycles. The molecule has 1 amide bonds. The van der Waals surface area contributed by atoms with E-state index in [1.165, 1.54) is 0 Å². The number of rotatable bonds is 6. The van der Waals surface area contributed by atoms with Crippen LogP contribution in [0.2, 0.25) is 0 Å². The molecule has 0 fully saturated rings. The van der Waals surface area contributed by atoms with E-state index in [0.29, 0.717) is 11.3 Å². The summed E-state index contributed by atoms with van der Waals surface area (Å²) in [6.07, 6.45) is 0. The Hall–Kier alpha value is -3.15. The minimum absolute atomic E-state index is 0.0182. The first-order valence-electron chi connectivity index (χ1n) is 9.60. The van der Waals surface area contributed by atoms with Crippen LogP contribution in [-0.2, 0) is 0 Å². The van der Waals surface area contributed by atoms with Gasteiger partial charge in [-0.1, -0.05) is 18.2 Å². The Kier molecular flexibility index (Phi) is 5.78. The summed E-state index contributed by atoms with van der Waals surface area (Å²) in [7, 11) is 0. The summed E-state index contributed by atoms with van der Waals surface area (Å²) >= 11 is 0.